The lowest BCUT2D eigenvalue weighted by atomic mass is 9.73. The van der Waals surface area contributed by atoms with E-state index in [4.69, 9.17) is 33.2 Å². The number of carbonyl (C=O) groups is 5. The van der Waals surface area contributed by atoms with Gasteiger partial charge in [-0.2, -0.15) is 0 Å². The van der Waals surface area contributed by atoms with Gasteiger partial charge in [-0.15, -0.1) is 0 Å². The molecule has 16 heteroatoms. The number of aromatic nitrogens is 1. The van der Waals surface area contributed by atoms with Gasteiger partial charge in [-0.3, -0.25) is 19.4 Å². The van der Waals surface area contributed by atoms with Gasteiger partial charge in [0.25, 0.3) is 0 Å². The van der Waals surface area contributed by atoms with Crippen molar-refractivity contribution in [2.24, 2.45) is 29.6 Å². The van der Waals surface area contributed by atoms with Crippen molar-refractivity contribution in [3.05, 3.63) is 48.2 Å². The zero-order valence-corrected chi connectivity index (χ0v) is 38.7. The molecule has 5 rings (SSSR count). The van der Waals surface area contributed by atoms with E-state index in [1.165, 1.54) is 0 Å². The normalized spacial score (nSPS) is 35.7. The number of aliphatic hydroxyl groups is 1. The Bertz CT molecular complexity index is 1990. The number of esters is 2. The van der Waals surface area contributed by atoms with Gasteiger partial charge in [-0.1, -0.05) is 65.8 Å². The molecule has 3 aliphatic rings. The molecule has 0 bridgehead atoms. The molecule has 16 nitrogen and oxygen atoms in total. The quantitative estimate of drug-likeness (QED) is 0.201. The lowest BCUT2D eigenvalue weighted by Crippen LogP contribution is -2.61. The van der Waals surface area contributed by atoms with E-state index in [1.54, 1.807) is 80.7 Å². The number of para-hydroxylation sites is 1. The zero-order valence-electron chi connectivity index (χ0n) is 38.7. The van der Waals surface area contributed by atoms with Gasteiger partial charge in [-0.05, 0) is 84.8 Å². The van der Waals surface area contributed by atoms with Crippen molar-refractivity contribution in [2.45, 2.75) is 149 Å². The van der Waals surface area contributed by atoms with Crippen molar-refractivity contribution in [2.75, 3.05) is 20.7 Å². The van der Waals surface area contributed by atoms with Gasteiger partial charge in [-0.25, -0.2) is 9.59 Å². The van der Waals surface area contributed by atoms with Crippen molar-refractivity contribution >= 4 is 46.9 Å². The number of aliphatic hydroxyl groups excluding tert-OH is 1. The van der Waals surface area contributed by atoms with E-state index >= 15 is 0 Å². The number of ether oxygens (including phenoxy) is 7. The Labute approximate surface area is 370 Å². The SMILES string of the molecule is CC[C@H]1OC(=O)[C@H](C)[C@@H](OC(=O)C(C)C)[C@H](C)[C@@H](O[C@@H]2O[C@H](C)C[C@H](N(C)C)[C@H]2O)[C@](C)(OC(=O)OC/C=C/c2cnc3ccccc3c2)C[C@@H](C)C(=O)[C@H](C)[C@H]2NC(=O)O[C@@]21C. The maximum atomic E-state index is 14.6. The van der Waals surface area contributed by atoms with E-state index in [9.17, 15) is 29.1 Å². The molecule has 1 aromatic heterocycles. The Kier molecular flexibility index (Phi) is 16.0. The van der Waals surface area contributed by atoms with Crippen LogP contribution in [0.25, 0.3) is 17.0 Å². The van der Waals surface area contributed by atoms with Gasteiger partial charge >= 0.3 is 24.2 Å². The fraction of sp³-hybridized carbons (Fsp3) is 0.660. The highest BCUT2D eigenvalue weighted by atomic mass is 16.8. The highest BCUT2D eigenvalue weighted by Crippen LogP contribution is 2.42. The smallest absolute Gasteiger partial charge is 0.461 e. The number of carbonyl (C=O) groups excluding carboxylic acids is 5. The number of ketones is 1. The molecule has 3 aliphatic heterocycles. The van der Waals surface area contributed by atoms with Gasteiger partial charge < -0.3 is 48.5 Å². The van der Waals surface area contributed by atoms with Gasteiger partial charge in [0.15, 0.2) is 11.9 Å². The van der Waals surface area contributed by atoms with Crippen LogP contribution in [0, 0.1) is 29.6 Å². The number of pyridine rings is 1. The summed E-state index contributed by atoms with van der Waals surface area (Å²) in [4.78, 5) is 75.7. The first kappa shape index (κ1) is 49.4. The zero-order chi connectivity index (χ0) is 46.6. The van der Waals surface area contributed by atoms with Gasteiger partial charge in [0, 0.05) is 35.4 Å². The van der Waals surface area contributed by atoms with Crippen LogP contribution < -0.4 is 5.32 Å². The number of nitrogens with zero attached hydrogens (tertiary/aromatic N) is 2. The van der Waals surface area contributed by atoms with Gasteiger partial charge in [0.05, 0.1) is 29.5 Å². The van der Waals surface area contributed by atoms with E-state index < -0.39 is 108 Å². The molecule has 2 N–H and O–H groups in total. The topological polar surface area (TPSA) is 198 Å². The Morgan fingerprint density at radius 2 is 1.76 bits per heavy atom. The molecule has 3 saturated heterocycles. The number of benzene rings is 1. The Morgan fingerprint density at radius 1 is 1.06 bits per heavy atom. The summed E-state index contributed by atoms with van der Waals surface area (Å²) < 4.78 is 43.1. The highest BCUT2D eigenvalue weighted by Gasteiger charge is 2.58. The minimum Gasteiger partial charge on any atom is -0.461 e. The van der Waals surface area contributed by atoms with Crippen LogP contribution in [-0.4, -0.2) is 126 Å². The van der Waals surface area contributed by atoms with Crippen LogP contribution in [0.15, 0.2) is 42.6 Å². The molecule has 1 amide bonds. The second-order valence-corrected chi connectivity index (χ2v) is 18.5. The maximum absolute atomic E-state index is 14.6. The molecular weight excluding hydrogens is 815 g/mol. The summed E-state index contributed by atoms with van der Waals surface area (Å²) in [6, 6.07) is 8.31. The minimum atomic E-state index is -1.80. The van der Waals surface area contributed by atoms with Crippen molar-refractivity contribution in [3.8, 4) is 0 Å². The largest absolute Gasteiger partial charge is 0.509 e. The number of rotatable bonds is 10. The van der Waals surface area contributed by atoms with Crippen LogP contribution in [0.2, 0.25) is 0 Å². The lowest BCUT2D eigenvalue weighted by Gasteiger charge is -2.48. The molecule has 4 heterocycles. The van der Waals surface area contributed by atoms with Crippen molar-refractivity contribution in [1.82, 2.24) is 15.2 Å². The number of fused-ring (bicyclic) bond motifs is 2. The molecule has 0 saturated carbocycles. The number of hydrogen-bond acceptors (Lipinski definition) is 15. The summed E-state index contributed by atoms with van der Waals surface area (Å²) in [7, 11) is 3.66. The van der Waals surface area contributed by atoms with Crippen molar-refractivity contribution in [3.63, 3.8) is 0 Å². The summed E-state index contributed by atoms with van der Waals surface area (Å²) in [6.07, 6.45) is -2.73. The minimum absolute atomic E-state index is 0.173. The van der Waals surface area contributed by atoms with Crippen LogP contribution in [0.5, 0.6) is 0 Å². The molecule has 14 atom stereocenters. The van der Waals surface area contributed by atoms with Crippen molar-refractivity contribution in [1.29, 1.82) is 0 Å². The van der Waals surface area contributed by atoms with Crippen LogP contribution in [-0.2, 0) is 47.5 Å². The molecule has 0 radical (unpaired) electrons. The average Bonchev–Trinajstić information content (AvgIpc) is 3.55. The number of cyclic esters (lactones) is 1. The fourth-order valence-corrected chi connectivity index (χ4v) is 9.40. The number of alkyl carbamates (subject to hydrolysis) is 1. The molecule has 0 unspecified atom stereocenters. The molecule has 2 aromatic rings. The summed E-state index contributed by atoms with van der Waals surface area (Å²) >= 11 is 0. The number of likely N-dealkylation sites (N-methyl/N-ethyl adjacent to an activating group) is 1. The first-order valence-electron chi connectivity index (χ1n) is 22.1. The summed E-state index contributed by atoms with van der Waals surface area (Å²) in [5.41, 5.74) is -1.64. The standard InChI is InChI=1S/C47H67N3O13/c1-13-35-47(10)39(49-44(55)62-47)28(6)36(51)26(4)23-46(9,63-45(56)57-20-16-17-31-22-32-18-14-15-19-33(32)48-24-31)40(61-43-37(52)34(50(11)12)21-27(5)58-43)29(7)38(30(8)42(54)59-35)60-41(53)25(2)3/h14-19,22,24-30,34-35,37-40,43,52H,13,20-21,23H2,1-12H3,(H,49,55)/b17-16+/t26-,27-,28+,29+,30-,34+,35-,37-,38+,39-,40-,43+,46-,47-/m1/s1. The second-order valence-electron chi connectivity index (χ2n) is 18.5. The monoisotopic (exact) mass is 881 g/mol. The maximum Gasteiger partial charge on any atom is 0.509 e. The summed E-state index contributed by atoms with van der Waals surface area (Å²) in [6.45, 7) is 16.5. The Balaban J connectivity index is 1.59. The molecule has 0 spiro atoms. The molecular formula is C47H67N3O13. The lowest BCUT2D eigenvalue weighted by molar-refractivity contribution is -0.300. The van der Waals surface area contributed by atoms with Crippen LogP contribution in [0.3, 0.4) is 0 Å². The number of hydrogen-bond donors (Lipinski definition) is 2. The number of amides is 1. The third-order valence-electron chi connectivity index (χ3n) is 12.9. The first-order chi connectivity index (χ1) is 29.6. The van der Waals surface area contributed by atoms with Gasteiger partial charge in [0.2, 0.25) is 0 Å². The van der Waals surface area contributed by atoms with Crippen LogP contribution in [0.1, 0.15) is 94.1 Å². The summed E-state index contributed by atoms with van der Waals surface area (Å²) in [5, 5.41) is 15.5. The van der Waals surface area contributed by atoms with Crippen molar-refractivity contribution < 1.29 is 62.2 Å². The highest BCUT2D eigenvalue weighted by molar-refractivity contribution is 5.85. The van der Waals surface area contributed by atoms with E-state index in [2.05, 4.69) is 10.3 Å². The molecule has 348 valence electrons. The Hall–Kier alpha value is -4.64. The number of Topliss-reactive ketones (excluding diaryl/α,β-unsaturated/α-hetero) is 1. The van der Waals surface area contributed by atoms with E-state index in [-0.39, 0.29) is 31.3 Å². The average molecular weight is 882 g/mol. The molecule has 0 aliphatic carbocycles. The fourth-order valence-electron chi connectivity index (χ4n) is 9.40. The first-order valence-corrected chi connectivity index (χ1v) is 22.1. The third kappa shape index (κ3) is 11.2. The predicted molar refractivity (Wildman–Crippen MR) is 232 cm³/mol. The molecule has 63 heavy (non-hydrogen) atoms. The number of nitrogens with one attached hydrogen (secondary N) is 1. The van der Waals surface area contributed by atoms with Gasteiger partial charge in [0.1, 0.15) is 42.4 Å². The predicted octanol–water partition coefficient (Wildman–Crippen LogP) is 6.25. The van der Waals surface area contributed by atoms with E-state index in [1.807, 2.05) is 56.3 Å². The second kappa shape index (κ2) is 20.5. The van der Waals surface area contributed by atoms with E-state index in [0.29, 0.717) is 6.42 Å². The third-order valence-corrected chi connectivity index (χ3v) is 12.9. The van der Waals surface area contributed by atoms with E-state index in [0.717, 1.165) is 16.5 Å². The van der Waals surface area contributed by atoms with Crippen LogP contribution in [0.4, 0.5) is 9.59 Å². The Morgan fingerprint density at radius 3 is 2.43 bits per heavy atom. The summed E-state index contributed by atoms with van der Waals surface area (Å²) in [5.74, 6) is -6.24. The van der Waals surface area contributed by atoms with Crippen LogP contribution >= 0.6 is 0 Å². The molecule has 3 fully saturated rings. The molecule has 1 aromatic carbocycles.